The van der Waals surface area contributed by atoms with E-state index in [-0.39, 0.29) is 0 Å². The number of hydrogen-bond acceptors (Lipinski definition) is 2. The zero-order valence-electron chi connectivity index (χ0n) is 30.6. The Kier molecular flexibility index (Phi) is 7.75. The molecule has 0 saturated heterocycles. The second-order valence-electron chi connectivity index (χ2n) is 14.5. The summed E-state index contributed by atoms with van der Waals surface area (Å²) in [5, 5.41) is 10.0. The van der Waals surface area contributed by atoms with E-state index in [1.165, 1.54) is 85.9 Å². The number of fused-ring (bicyclic) bond motifs is 7. The Labute approximate surface area is 330 Å². The summed E-state index contributed by atoms with van der Waals surface area (Å²) in [6.07, 6.45) is 0. The molecule has 0 aliphatic heterocycles. The van der Waals surface area contributed by atoms with Crippen LogP contribution in [0.5, 0.6) is 0 Å². The maximum absolute atomic E-state index is 2.47. The maximum atomic E-state index is 2.47. The Balaban J connectivity index is 1.13. The van der Waals surface area contributed by atoms with E-state index in [1.807, 2.05) is 11.3 Å². The van der Waals surface area contributed by atoms with Crippen LogP contribution in [0.4, 0.5) is 17.1 Å². The monoisotopic (exact) mass is 729 g/mol. The second-order valence-corrected chi connectivity index (χ2v) is 15.6. The van der Waals surface area contributed by atoms with Crippen molar-refractivity contribution in [3.8, 4) is 33.4 Å². The molecule has 0 unspecified atom stereocenters. The summed E-state index contributed by atoms with van der Waals surface area (Å²) in [5.41, 5.74) is 10.7. The van der Waals surface area contributed by atoms with Gasteiger partial charge in [-0.2, -0.15) is 0 Å². The van der Waals surface area contributed by atoms with Crippen LogP contribution in [0.15, 0.2) is 212 Å². The van der Waals surface area contributed by atoms with Crippen LogP contribution in [0.3, 0.4) is 0 Å². The molecule has 0 aliphatic rings. The third kappa shape index (κ3) is 5.54. The molecule has 10 aromatic carbocycles. The van der Waals surface area contributed by atoms with Crippen LogP contribution >= 0.6 is 11.3 Å². The molecule has 2 heteroatoms. The summed E-state index contributed by atoms with van der Waals surface area (Å²) in [6.45, 7) is 0. The number of hydrogen-bond donors (Lipinski definition) is 0. The van der Waals surface area contributed by atoms with Crippen molar-refractivity contribution in [2.24, 2.45) is 0 Å². The second kappa shape index (κ2) is 13.4. The Morgan fingerprint density at radius 2 is 0.911 bits per heavy atom. The Morgan fingerprint density at radius 1 is 0.304 bits per heavy atom. The largest absolute Gasteiger partial charge is 0.310 e. The summed E-state index contributed by atoms with van der Waals surface area (Å²) < 4.78 is 2.62. The summed E-state index contributed by atoms with van der Waals surface area (Å²) in [6, 6.07) is 77.8. The summed E-state index contributed by atoms with van der Waals surface area (Å²) in [7, 11) is 0. The van der Waals surface area contributed by atoms with Crippen molar-refractivity contribution in [3.05, 3.63) is 212 Å². The van der Waals surface area contributed by atoms with E-state index in [9.17, 15) is 0 Å². The predicted octanol–water partition coefficient (Wildman–Crippen LogP) is 16.0. The normalized spacial score (nSPS) is 11.6. The zero-order valence-corrected chi connectivity index (χ0v) is 31.4. The average Bonchev–Trinajstić information content (AvgIpc) is 3.65. The molecular formula is C54H35NS. The van der Waals surface area contributed by atoms with E-state index >= 15 is 0 Å². The number of rotatable bonds is 6. The summed E-state index contributed by atoms with van der Waals surface area (Å²) in [5.74, 6) is 0. The molecule has 1 aromatic heterocycles. The standard InChI is InChI=1S/C54H35NS/c1-2-12-36(13-3-1)38-24-26-39(27-25-38)42-18-10-19-44(32-42)55(45-30-28-37-14-4-5-16-41(37)33-45)52-35-51-50-34-43(47-23-11-17-40-15-6-7-20-46(40)47)29-31-53(50)56-54(51)49-22-9-8-21-48(49)52/h1-35H. The van der Waals surface area contributed by atoms with Crippen molar-refractivity contribution < 1.29 is 0 Å². The van der Waals surface area contributed by atoms with Gasteiger partial charge in [-0.1, -0.05) is 170 Å². The van der Waals surface area contributed by atoms with Crippen LogP contribution in [0.25, 0.3) is 85.9 Å². The molecule has 1 heterocycles. The first-order valence-corrected chi connectivity index (χ1v) is 20.0. The number of anilines is 3. The Hall–Kier alpha value is -7.00. The molecule has 0 fully saturated rings. The van der Waals surface area contributed by atoms with Gasteiger partial charge in [-0.05, 0) is 97.4 Å². The molecule has 11 rings (SSSR count). The van der Waals surface area contributed by atoms with Gasteiger partial charge in [0.1, 0.15) is 0 Å². The van der Waals surface area contributed by atoms with Crippen molar-refractivity contribution in [1.29, 1.82) is 0 Å². The highest BCUT2D eigenvalue weighted by molar-refractivity contribution is 7.26. The Morgan fingerprint density at radius 3 is 1.75 bits per heavy atom. The minimum Gasteiger partial charge on any atom is -0.310 e. The van der Waals surface area contributed by atoms with E-state index in [0.29, 0.717) is 0 Å². The van der Waals surface area contributed by atoms with E-state index in [1.54, 1.807) is 0 Å². The molecule has 1 nitrogen and oxygen atoms in total. The van der Waals surface area contributed by atoms with Crippen LogP contribution < -0.4 is 4.90 Å². The van der Waals surface area contributed by atoms with Gasteiger partial charge in [0, 0.05) is 42.3 Å². The molecule has 56 heavy (non-hydrogen) atoms. The highest BCUT2D eigenvalue weighted by atomic mass is 32.1. The molecule has 0 amide bonds. The molecule has 0 atom stereocenters. The fourth-order valence-electron chi connectivity index (χ4n) is 8.46. The van der Waals surface area contributed by atoms with Gasteiger partial charge in [-0.15, -0.1) is 11.3 Å². The zero-order chi connectivity index (χ0) is 37.0. The van der Waals surface area contributed by atoms with Gasteiger partial charge >= 0.3 is 0 Å². The van der Waals surface area contributed by atoms with E-state index in [4.69, 9.17) is 0 Å². The molecule has 0 spiro atoms. The van der Waals surface area contributed by atoms with Crippen molar-refractivity contribution in [1.82, 2.24) is 0 Å². The van der Waals surface area contributed by atoms with Gasteiger partial charge in [0.05, 0.1) is 5.69 Å². The summed E-state index contributed by atoms with van der Waals surface area (Å²) in [4.78, 5) is 2.47. The smallest absolute Gasteiger partial charge is 0.0547 e. The fourth-order valence-corrected chi connectivity index (χ4v) is 9.66. The molecule has 262 valence electrons. The lowest BCUT2D eigenvalue weighted by Gasteiger charge is -2.28. The molecule has 0 saturated carbocycles. The first-order valence-electron chi connectivity index (χ1n) is 19.2. The quantitative estimate of drug-likeness (QED) is 0.165. The van der Waals surface area contributed by atoms with Crippen LogP contribution in [0, 0.1) is 0 Å². The van der Waals surface area contributed by atoms with Crippen LogP contribution in [0.2, 0.25) is 0 Å². The van der Waals surface area contributed by atoms with Crippen molar-refractivity contribution >= 4 is 80.9 Å². The van der Waals surface area contributed by atoms with Crippen molar-refractivity contribution in [2.75, 3.05) is 4.90 Å². The highest BCUT2D eigenvalue weighted by Crippen LogP contribution is 2.48. The molecule has 0 bridgehead atoms. The first kappa shape index (κ1) is 32.4. The van der Waals surface area contributed by atoms with Crippen molar-refractivity contribution in [3.63, 3.8) is 0 Å². The summed E-state index contributed by atoms with van der Waals surface area (Å²) >= 11 is 1.89. The van der Waals surface area contributed by atoms with Crippen LogP contribution in [0.1, 0.15) is 0 Å². The SMILES string of the molecule is c1ccc(-c2ccc(-c3cccc(N(c4ccc5ccccc5c4)c4cc5c6cc(-c7cccc8ccccc78)ccc6sc5c5ccccc45)c3)cc2)cc1. The number of thiophene rings is 1. The number of benzene rings is 10. The Bertz CT molecular complexity index is 3240. The van der Waals surface area contributed by atoms with Gasteiger partial charge in [0.25, 0.3) is 0 Å². The lowest BCUT2D eigenvalue weighted by atomic mass is 9.96. The first-order chi connectivity index (χ1) is 27.7. The molecular weight excluding hydrogens is 695 g/mol. The van der Waals surface area contributed by atoms with E-state index in [2.05, 4.69) is 217 Å². The van der Waals surface area contributed by atoms with E-state index in [0.717, 1.165) is 17.1 Å². The highest BCUT2D eigenvalue weighted by Gasteiger charge is 2.21. The van der Waals surface area contributed by atoms with Crippen LogP contribution in [-0.2, 0) is 0 Å². The van der Waals surface area contributed by atoms with Gasteiger partial charge < -0.3 is 4.90 Å². The maximum Gasteiger partial charge on any atom is 0.0547 e. The topological polar surface area (TPSA) is 3.24 Å². The minimum atomic E-state index is 1.12. The third-order valence-electron chi connectivity index (χ3n) is 11.2. The molecule has 0 aliphatic carbocycles. The lowest BCUT2D eigenvalue weighted by molar-refractivity contribution is 1.31. The fraction of sp³-hybridized carbons (Fsp3) is 0. The van der Waals surface area contributed by atoms with Gasteiger partial charge in [-0.3, -0.25) is 0 Å². The number of nitrogens with zero attached hydrogens (tertiary/aromatic N) is 1. The lowest BCUT2D eigenvalue weighted by Crippen LogP contribution is -2.10. The molecule has 0 radical (unpaired) electrons. The van der Waals surface area contributed by atoms with Crippen molar-refractivity contribution in [2.45, 2.75) is 0 Å². The average molecular weight is 730 g/mol. The predicted molar refractivity (Wildman–Crippen MR) is 243 cm³/mol. The molecule has 11 aromatic rings. The van der Waals surface area contributed by atoms with Gasteiger partial charge in [0.2, 0.25) is 0 Å². The molecule has 0 N–H and O–H groups in total. The van der Waals surface area contributed by atoms with E-state index < -0.39 is 0 Å². The van der Waals surface area contributed by atoms with Gasteiger partial charge in [-0.25, -0.2) is 0 Å². The van der Waals surface area contributed by atoms with Crippen LogP contribution in [-0.4, -0.2) is 0 Å². The minimum absolute atomic E-state index is 1.12. The third-order valence-corrected chi connectivity index (χ3v) is 12.4. The van der Waals surface area contributed by atoms with Gasteiger partial charge in [0.15, 0.2) is 0 Å².